The number of benzene rings is 1. The summed E-state index contributed by atoms with van der Waals surface area (Å²) in [6, 6.07) is 9.24. The van der Waals surface area contributed by atoms with E-state index >= 15 is 0 Å². The van der Waals surface area contributed by atoms with Crippen molar-refractivity contribution in [2.75, 3.05) is 19.1 Å². The van der Waals surface area contributed by atoms with Crippen LogP contribution in [0.5, 0.6) is 0 Å². The number of rotatable bonds is 7. The maximum absolute atomic E-state index is 4.21. The monoisotopic (exact) mass is 339 g/mol. The minimum absolute atomic E-state index is 0.331. The molecule has 1 aromatic carbocycles. The molecule has 2 aromatic rings. The molecule has 0 spiro atoms. The van der Waals surface area contributed by atoms with Gasteiger partial charge in [-0.2, -0.15) is 0 Å². The van der Waals surface area contributed by atoms with Crippen molar-refractivity contribution in [2.24, 2.45) is 0 Å². The van der Waals surface area contributed by atoms with Gasteiger partial charge in [-0.3, -0.25) is 0 Å². The van der Waals surface area contributed by atoms with E-state index < -0.39 is 0 Å². The van der Waals surface area contributed by atoms with Crippen LogP contribution in [-0.2, 0) is 0 Å². The SMILES string of the molecule is CNC(CSc1nnc(SC)s1)c1ccc(C(C)C)cc1. The van der Waals surface area contributed by atoms with Crippen LogP contribution < -0.4 is 5.32 Å². The predicted molar refractivity (Wildman–Crippen MR) is 94.7 cm³/mol. The Hall–Kier alpha value is -0.560. The Kier molecular flexibility index (Phi) is 6.54. The summed E-state index contributed by atoms with van der Waals surface area (Å²) in [7, 11) is 2.01. The van der Waals surface area contributed by atoms with Crippen LogP contribution in [0, 0.1) is 0 Å². The van der Waals surface area contributed by atoms with Crippen LogP contribution >= 0.6 is 34.9 Å². The zero-order chi connectivity index (χ0) is 15.2. The molecule has 0 aliphatic carbocycles. The first-order valence-corrected chi connectivity index (χ1v) is 9.94. The molecule has 1 unspecified atom stereocenters. The molecule has 0 amide bonds. The number of nitrogens with one attached hydrogen (secondary N) is 1. The van der Waals surface area contributed by atoms with Gasteiger partial charge in [0.1, 0.15) is 0 Å². The normalized spacial score (nSPS) is 12.8. The highest BCUT2D eigenvalue weighted by atomic mass is 32.2. The quantitative estimate of drug-likeness (QED) is 0.755. The topological polar surface area (TPSA) is 37.8 Å². The van der Waals surface area contributed by atoms with E-state index in [1.165, 1.54) is 11.1 Å². The van der Waals surface area contributed by atoms with Crippen molar-refractivity contribution in [3.63, 3.8) is 0 Å². The van der Waals surface area contributed by atoms with E-state index in [4.69, 9.17) is 0 Å². The number of aromatic nitrogens is 2. The van der Waals surface area contributed by atoms with E-state index in [2.05, 4.69) is 53.6 Å². The number of hydrogen-bond donors (Lipinski definition) is 1. The zero-order valence-electron chi connectivity index (χ0n) is 12.8. The Morgan fingerprint density at radius 2 is 1.71 bits per heavy atom. The summed E-state index contributed by atoms with van der Waals surface area (Å²) in [5.41, 5.74) is 2.71. The fourth-order valence-corrected chi connectivity index (χ4v) is 4.56. The maximum Gasteiger partial charge on any atom is 0.175 e. The smallest absolute Gasteiger partial charge is 0.175 e. The predicted octanol–water partition coefficient (Wildman–Crippen LogP) is 4.44. The third kappa shape index (κ3) is 4.71. The van der Waals surface area contributed by atoms with Crippen LogP contribution in [0.4, 0.5) is 0 Å². The summed E-state index contributed by atoms with van der Waals surface area (Å²) in [5, 5.41) is 11.7. The molecule has 1 heterocycles. The van der Waals surface area contributed by atoms with Crippen LogP contribution in [0.25, 0.3) is 0 Å². The first-order chi connectivity index (χ1) is 10.1. The van der Waals surface area contributed by atoms with Gasteiger partial charge >= 0.3 is 0 Å². The van der Waals surface area contributed by atoms with Gasteiger partial charge in [-0.25, -0.2) is 0 Å². The molecule has 1 N–H and O–H groups in total. The third-order valence-electron chi connectivity index (χ3n) is 3.29. The number of hydrogen-bond acceptors (Lipinski definition) is 6. The maximum atomic E-state index is 4.21. The first kappa shape index (κ1) is 16.8. The van der Waals surface area contributed by atoms with Crippen molar-refractivity contribution in [2.45, 2.75) is 34.5 Å². The van der Waals surface area contributed by atoms with Crippen LogP contribution in [0.3, 0.4) is 0 Å². The highest BCUT2D eigenvalue weighted by Crippen LogP contribution is 2.30. The van der Waals surface area contributed by atoms with Gasteiger partial charge in [-0.1, -0.05) is 73.0 Å². The van der Waals surface area contributed by atoms with Crippen molar-refractivity contribution in [1.29, 1.82) is 0 Å². The lowest BCUT2D eigenvalue weighted by molar-refractivity contribution is 0.661. The van der Waals surface area contributed by atoms with Crippen molar-refractivity contribution >= 4 is 34.9 Å². The van der Waals surface area contributed by atoms with Crippen LogP contribution in [-0.4, -0.2) is 29.3 Å². The van der Waals surface area contributed by atoms with E-state index in [9.17, 15) is 0 Å². The highest BCUT2D eigenvalue weighted by Gasteiger charge is 2.12. The molecule has 3 nitrogen and oxygen atoms in total. The second-order valence-electron chi connectivity index (χ2n) is 5.01. The Labute approximate surface area is 139 Å². The Morgan fingerprint density at radius 3 is 2.24 bits per heavy atom. The van der Waals surface area contributed by atoms with Crippen molar-refractivity contribution < 1.29 is 0 Å². The summed E-state index contributed by atoms with van der Waals surface area (Å²) in [6.45, 7) is 4.44. The molecule has 2 rings (SSSR count). The van der Waals surface area contributed by atoms with Crippen molar-refractivity contribution in [1.82, 2.24) is 15.5 Å². The summed E-state index contributed by atoms with van der Waals surface area (Å²) in [6.07, 6.45) is 2.03. The lowest BCUT2D eigenvalue weighted by Gasteiger charge is -2.16. The first-order valence-electron chi connectivity index (χ1n) is 6.91. The minimum Gasteiger partial charge on any atom is -0.312 e. The molecule has 0 aliphatic rings. The van der Waals surface area contributed by atoms with Gasteiger partial charge in [0.25, 0.3) is 0 Å². The molecular formula is C15H21N3S3. The van der Waals surface area contributed by atoms with Crippen LogP contribution in [0.15, 0.2) is 32.9 Å². The van der Waals surface area contributed by atoms with E-state index in [-0.39, 0.29) is 0 Å². The number of thioether (sulfide) groups is 2. The van der Waals surface area contributed by atoms with Gasteiger partial charge in [0.05, 0.1) is 0 Å². The Bertz CT molecular complexity index is 552. The summed E-state index contributed by atoms with van der Waals surface area (Å²) >= 11 is 5.07. The molecule has 0 saturated heterocycles. The van der Waals surface area contributed by atoms with E-state index in [1.54, 1.807) is 34.9 Å². The standard InChI is InChI=1S/C15H21N3S3/c1-10(2)11-5-7-12(8-6-11)13(16-3)9-20-15-18-17-14(19-4)21-15/h5-8,10,13,16H,9H2,1-4H3. The van der Waals surface area contributed by atoms with E-state index in [0.29, 0.717) is 12.0 Å². The highest BCUT2D eigenvalue weighted by molar-refractivity contribution is 8.02. The zero-order valence-corrected chi connectivity index (χ0v) is 15.2. The molecule has 0 aliphatic heterocycles. The molecule has 1 atom stereocenters. The van der Waals surface area contributed by atoms with Gasteiger partial charge in [0.15, 0.2) is 8.68 Å². The Morgan fingerprint density at radius 1 is 1.10 bits per heavy atom. The van der Waals surface area contributed by atoms with Crippen LogP contribution in [0.2, 0.25) is 0 Å². The number of nitrogens with zero attached hydrogens (tertiary/aromatic N) is 2. The summed E-state index contributed by atoms with van der Waals surface area (Å²) < 4.78 is 2.07. The summed E-state index contributed by atoms with van der Waals surface area (Å²) in [4.78, 5) is 0. The largest absolute Gasteiger partial charge is 0.312 e. The average Bonchev–Trinajstić information content (AvgIpc) is 2.96. The van der Waals surface area contributed by atoms with E-state index in [0.717, 1.165) is 14.4 Å². The second-order valence-corrected chi connectivity index (χ2v) is 8.31. The fraction of sp³-hybridized carbons (Fsp3) is 0.467. The van der Waals surface area contributed by atoms with Gasteiger partial charge < -0.3 is 5.32 Å². The second kappa shape index (κ2) is 8.17. The Balaban J connectivity index is 1.98. The third-order valence-corrected chi connectivity index (χ3v) is 6.42. The van der Waals surface area contributed by atoms with Gasteiger partial charge in [0, 0.05) is 11.8 Å². The van der Waals surface area contributed by atoms with Crippen molar-refractivity contribution in [3.8, 4) is 0 Å². The molecule has 6 heteroatoms. The van der Waals surface area contributed by atoms with E-state index in [1.807, 2.05) is 13.3 Å². The van der Waals surface area contributed by atoms with Crippen LogP contribution in [0.1, 0.15) is 36.9 Å². The molecule has 0 fully saturated rings. The molecule has 0 saturated carbocycles. The molecule has 1 aromatic heterocycles. The lowest BCUT2D eigenvalue weighted by Crippen LogP contribution is -2.18. The fourth-order valence-electron chi connectivity index (χ4n) is 1.95. The van der Waals surface area contributed by atoms with Crippen molar-refractivity contribution in [3.05, 3.63) is 35.4 Å². The molecule has 0 bridgehead atoms. The molecule has 0 radical (unpaired) electrons. The molecule has 21 heavy (non-hydrogen) atoms. The van der Waals surface area contributed by atoms with Gasteiger partial charge in [-0.15, -0.1) is 10.2 Å². The molecular weight excluding hydrogens is 318 g/mol. The lowest BCUT2D eigenvalue weighted by atomic mass is 10.00. The van der Waals surface area contributed by atoms with Gasteiger partial charge in [0.2, 0.25) is 0 Å². The summed E-state index contributed by atoms with van der Waals surface area (Å²) in [5.74, 6) is 1.54. The molecule has 114 valence electrons. The average molecular weight is 340 g/mol. The minimum atomic E-state index is 0.331. The van der Waals surface area contributed by atoms with Gasteiger partial charge in [-0.05, 0) is 30.3 Å².